The summed E-state index contributed by atoms with van der Waals surface area (Å²) < 4.78 is 67.6. The number of aromatic nitrogens is 1. The topological polar surface area (TPSA) is 44.9 Å². The van der Waals surface area contributed by atoms with Crippen LogP contribution in [0.1, 0.15) is 46.4 Å². The molecule has 3 nitrogen and oxygen atoms in total. The molecule has 0 amide bonds. The average molecular weight is 498 g/mol. The third-order valence-corrected chi connectivity index (χ3v) is 6.74. The number of carbonyl (C=O) groups is 1. The summed E-state index contributed by atoms with van der Waals surface area (Å²) in [6.07, 6.45) is -2.22. The first-order chi connectivity index (χ1) is 17.2. The molecule has 0 bridgehead atoms. The highest BCUT2D eigenvalue weighted by molar-refractivity contribution is 5.99. The monoisotopic (exact) mass is 498 g/mol. The molecule has 186 valence electrons. The van der Waals surface area contributed by atoms with Gasteiger partial charge in [0.2, 0.25) is 0 Å². The summed E-state index contributed by atoms with van der Waals surface area (Å²) in [4.78, 5) is 15.5. The second-order valence-corrected chi connectivity index (χ2v) is 9.11. The van der Waals surface area contributed by atoms with E-state index in [2.05, 4.69) is 10.3 Å². The number of hydrogen-bond acceptors (Lipinski definition) is 2. The molecule has 4 aromatic rings. The number of aromatic amines is 1. The van der Waals surface area contributed by atoms with Gasteiger partial charge in [0.25, 0.3) is 0 Å². The van der Waals surface area contributed by atoms with Crippen molar-refractivity contribution >= 4 is 16.7 Å². The molecule has 36 heavy (non-hydrogen) atoms. The fraction of sp³-hybridized carbons (Fsp3) is 0.250. The van der Waals surface area contributed by atoms with E-state index in [-0.39, 0.29) is 23.2 Å². The van der Waals surface area contributed by atoms with Gasteiger partial charge in [-0.3, -0.25) is 4.79 Å². The molecule has 0 saturated carbocycles. The Hall–Kier alpha value is -3.52. The minimum absolute atomic E-state index is 0.0510. The van der Waals surface area contributed by atoms with Crippen LogP contribution in [0.5, 0.6) is 0 Å². The molecule has 5 rings (SSSR count). The second kappa shape index (κ2) is 9.50. The predicted molar refractivity (Wildman–Crippen MR) is 128 cm³/mol. The van der Waals surface area contributed by atoms with Crippen molar-refractivity contribution in [3.8, 4) is 11.1 Å². The molecule has 2 N–H and O–H groups in total. The van der Waals surface area contributed by atoms with Gasteiger partial charge in [-0.05, 0) is 72.0 Å². The summed E-state index contributed by atoms with van der Waals surface area (Å²) in [5.74, 6) is -0.902. The van der Waals surface area contributed by atoms with E-state index in [1.165, 1.54) is 42.5 Å². The zero-order valence-corrected chi connectivity index (χ0v) is 19.2. The first-order valence-corrected chi connectivity index (χ1v) is 11.7. The van der Waals surface area contributed by atoms with E-state index in [1.807, 2.05) is 0 Å². The molecule has 1 aliphatic rings. The molecule has 1 unspecified atom stereocenters. The van der Waals surface area contributed by atoms with Crippen molar-refractivity contribution in [2.24, 2.45) is 0 Å². The van der Waals surface area contributed by atoms with Gasteiger partial charge in [-0.2, -0.15) is 13.2 Å². The smallest absolute Gasteiger partial charge is 0.356 e. The summed E-state index contributed by atoms with van der Waals surface area (Å²) in [6, 6.07) is 13.4. The molecule has 0 aliphatic carbocycles. The number of alkyl halides is 3. The van der Waals surface area contributed by atoms with Crippen LogP contribution in [0.25, 0.3) is 22.0 Å². The van der Waals surface area contributed by atoms with Gasteiger partial charge in [0.05, 0.1) is 11.1 Å². The maximum atomic E-state index is 14.7. The predicted octanol–water partition coefficient (Wildman–Crippen LogP) is 7.20. The molecule has 0 spiro atoms. The third-order valence-electron chi connectivity index (χ3n) is 6.74. The summed E-state index contributed by atoms with van der Waals surface area (Å²) in [6.45, 7) is 0.432. The summed E-state index contributed by atoms with van der Waals surface area (Å²) in [5.41, 5.74) is 2.60. The third kappa shape index (κ3) is 4.78. The number of hydrogen-bond donors (Lipinski definition) is 2. The van der Waals surface area contributed by atoms with Crippen LogP contribution < -0.4 is 5.32 Å². The Morgan fingerprint density at radius 3 is 2.53 bits per heavy atom. The Morgan fingerprint density at radius 2 is 1.78 bits per heavy atom. The van der Waals surface area contributed by atoms with Crippen molar-refractivity contribution in [2.75, 3.05) is 0 Å². The first-order valence-electron chi connectivity index (χ1n) is 11.7. The number of carbonyl (C=O) groups excluding carboxylic acids is 1. The summed E-state index contributed by atoms with van der Waals surface area (Å²) in [5, 5.41) is 4.01. The second-order valence-electron chi connectivity index (χ2n) is 9.11. The quantitative estimate of drug-likeness (QED) is 0.218. The Morgan fingerprint density at radius 1 is 1.00 bits per heavy atom. The van der Waals surface area contributed by atoms with Gasteiger partial charge in [-0.1, -0.05) is 18.2 Å². The molecule has 1 atom stereocenters. The zero-order chi connectivity index (χ0) is 25.4. The SMILES string of the molecule is O=C(CCCC1Cc2[nH]c3c(F)ccc(-c4cccc(C(F)(F)F)c4)c3c2CN1)c1ccc(F)cc1. The van der Waals surface area contributed by atoms with Gasteiger partial charge in [0, 0.05) is 42.1 Å². The maximum absolute atomic E-state index is 14.7. The Kier molecular flexibility index (Phi) is 6.38. The van der Waals surface area contributed by atoms with Crippen LogP contribution in [-0.4, -0.2) is 16.8 Å². The molecule has 1 aliphatic heterocycles. The number of halogens is 5. The van der Waals surface area contributed by atoms with Crippen LogP contribution in [0.3, 0.4) is 0 Å². The van der Waals surface area contributed by atoms with Gasteiger partial charge >= 0.3 is 6.18 Å². The van der Waals surface area contributed by atoms with Crippen molar-refractivity contribution < 1.29 is 26.7 Å². The average Bonchev–Trinajstić information content (AvgIpc) is 3.24. The van der Waals surface area contributed by atoms with E-state index in [1.54, 1.807) is 6.07 Å². The Bertz CT molecular complexity index is 1420. The maximum Gasteiger partial charge on any atom is 0.416 e. The number of Topliss-reactive ketones (excluding diaryl/α,β-unsaturated/α-hetero) is 1. The number of benzene rings is 3. The van der Waals surface area contributed by atoms with Gasteiger partial charge in [-0.15, -0.1) is 0 Å². The lowest BCUT2D eigenvalue weighted by molar-refractivity contribution is -0.137. The summed E-state index contributed by atoms with van der Waals surface area (Å²) in [7, 11) is 0. The van der Waals surface area contributed by atoms with E-state index >= 15 is 0 Å². The van der Waals surface area contributed by atoms with Crippen LogP contribution in [0.15, 0.2) is 60.7 Å². The minimum atomic E-state index is -4.47. The highest BCUT2D eigenvalue weighted by Gasteiger charge is 2.31. The molecule has 0 saturated heterocycles. The van der Waals surface area contributed by atoms with E-state index in [9.17, 15) is 26.7 Å². The Labute approximate surface area is 204 Å². The number of nitrogens with one attached hydrogen (secondary N) is 2. The number of rotatable bonds is 6. The molecule has 8 heteroatoms. The lowest BCUT2D eigenvalue weighted by Gasteiger charge is -2.24. The molecule has 2 heterocycles. The molecular formula is C28H23F5N2O. The minimum Gasteiger partial charge on any atom is -0.356 e. The first kappa shape index (κ1) is 24.2. The van der Waals surface area contributed by atoms with Gasteiger partial charge < -0.3 is 10.3 Å². The van der Waals surface area contributed by atoms with E-state index in [0.717, 1.165) is 23.4 Å². The standard InChI is InChI=1S/C28H23F5N2O/c29-19-9-7-16(8-10-19)25(36)6-2-5-20-14-24-22(15-34-20)26-21(11-12-23(30)27(26)35-24)17-3-1-4-18(13-17)28(31,32)33/h1,3-4,7-13,20,34-35H,2,5-6,14-15H2. The van der Waals surface area contributed by atoms with Gasteiger partial charge in [0.15, 0.2) is 5.78 Å². The van der Waals surface area contributed by atoms with E-state index in [0.29, 0.717) is 54.3 Å². The molecule has 1 aromatic heterocycles. The van der Waals surface area contributed by atoms with Gasteiger partial charge in [0.1, 0.15) is 11.6 Å². The van der Waals surface area contributed by atoms with E-state index in [4.69, 9.17) is 0 Å². The van der Waals surface area contributed by atoms with Gasteiger partial charge in [-0.25, -0.2) is 8.78 Å². The highest BCUT2D eigenvalue weighted by Crippen LogP contribution is 2.38. The Balaban J connectivity index is 1.35. The fourth-order valence-corrected chi connectivity index (χ4v) is 4.92. The van der Waals surface area contributed by atoms with Crippen LogP contribution >= 0.6 is 0 Å². The normalized spacial score (nSPS) is 15.8. The van der Waals surface area contributed by atoms with Crippen molar-refractivity contribution in [3.63, 3.8) is 0 Å². The number of H-pyrrole nitrogens is 1. The lowest BCUT2D eigenvalue weighted by Crippen LogP contribution is -2.35. The van der Waals surface area contributed by atoms with Crippen molar-refractivity contribution in [1.29, 1.82) is 0 Å². The number of fused-ring (bicyclic) bond motifs is 3. The van der Waals surface area contributed by atoms with Crippen molar-refractivity contribution in [1.82, 2.24) is 10.3 Å². The molecule has 0 fully saturated rings. The summed E-state index contributed by atoms with van der Waals surface area (Å²) >= 11 is 0. The fourth-order valence-electron chi connectivity index (χ4n) is 4.92. The van der Waals surface area contributed by atoms with E-state index < -0.39 is 17.6 Å². The number of ketones is 1. The van der Waals surface area contributed by atoms with Crippen LogP contribution in [-0.2, 0) is 19.1 Å². The van der Waals surface area contributed by atoms with Crippen LogP contribution in [0.4, 0.5) is 22.0 Å². The zero-order valence-electron chi connectivity index (χ0n) is 19.2. The van der Waals surface area contributed by atoms with Crippen molar-refractivity contribution in [2.45, 2.75) is 44.4 Å². The van der Waals surface area contributed by atoms with Crippen LogP contribution in [0.2, 0.25) is 0 Å². The highest BCUT2D eigenvalue weighted by atomic mass is 19.4. The van der Waals surface area contributed by atoms with Crippen molar-refractivity contribution in [3.05, 3.63) is 94.7 Å². The molecule has 3 aromatic carbocycles. The molecular weight excluding hydrogens is 475 g/mol. The lowest BCUT2D eigenvalue weighted by atomic mass is 9.92. The van der Waals surface area contributed by atoms with Crippen LogP contribution in [0, 0.1) is 11.6 Å². The molecule has 0 radical (unpaired) electrons. The largest absolute Gasteiger partial charge is 0.416 e.